The quantitative estimate of drug-likeness (QED) is 0.857. The van der Waals surface area contributed by atoms with E-state index < -0.39 is 0 Å². The summed E-state index contributed by atoms with van der Waals surface area (Å²) in [4.78, 5) is 8.84. The van der Waals surface area contributed by atoms with E-state index in [1.807, 2.05) is 12.4 Å². The van der Waals surface area contributed by atoms with E-state index in [0.717, 1.165) is 12.1 Å². The highest BCUT2D eigenvalue weighted by atomic mass is 15.2. The molecule has 18 heavy (non-hydrogen) atoms. The molecule has 0 amide bonds. The summed E-state index contributed by atoms with van der Waals surface area (Å²) in [6, 6.07) is 2.06. The second kappa shape index (κ2) is 5.24. The summed E-state index contributed by atoms with van der Waals surface area (Å²) in [7, 11) is 6.52. The predicted octanol–water partition coefficient (Wildman–Crippen LogP) is 1.46. The van der Waals surface area contributed by atoms with E-state index in [1.54, 1.807) is 0 Å². The van der Waals surface area contributed by atoms with Gasteiger partial charge in [-0.1, -0.05) is 0 Å². The van der Waals surface area contributed by atoms with Crippen molar-refractivity contribution in [3.63, 3.8) is 0 Å². The molecule has 0 radical (unpaired) electrons. The standard InChI is InChI=1S/C14H24N4/c1-17(2)14(6-4-7-14)11-18(3)13-5-8-16-10-12(13)9-15/h5,8,10H,4,6-7,9,11,15H2,1-3H3. The number of hydrogen-bond acceptors (Lipinski definition) is 4. The van der Waals surface area contributed by atoms with Crippen LogP contribution in [0.25, 0.3) is 0 Å². The van der Waals surface area contributed by atoms with Crippen LogP contribution >= 0.6 is 0 Å². The molecule has 0 aromatic carbocycles. The molecule has 1 aromatic heterocycles. The minimum absolute atomic E-state index is 0.337. The molecule has 0 unspecified atom stereocenters. The Bertz CT molecular complexity index is 399. The van der Waals surface area contributed by atoms with E-state index >= 15 is 0 Å². The third-order valence-corrected chi connectivity index (χ3v) is 4.27. The van der Waals surface area contributed by atoms with Crippen molar-refractivity contribution >= 4 is 5.69 Å². The SMILES string of the molecule is CN(CC1(N(C)C)CCC1)c1ccncc1CN. The van der Waals surface area contributed by atoms with Gasteiger partial charge in [-0.3, -0.25) is 4.98 Å². The van der Waals surface area contributed by atoms with Gasteiger partial charge in [0.05, 0.1) is 0 Å². The van der Waals surface area contributed by atoms with Crippen LogP contribution in [0.3, 0.4) is 0 Å². The van der Waals surface area contributed by atoms with Crippen molar-refractivity contribution in [1.82, 2.24) is 9.88 Å². The molecule has 1 saturated carbocycles. The van der Waals surface area contributed by atoms with Gasteiger partial charge in [0.2, 0.25) is 0 Å². The second-order valence-corrected chi connectivity index (χ2v) is 5.54. The van der Waals surface area contributed by atoms with Gasteiger partial charge in [0.15, 0.2) is 0 Å². The molecule has 0 saturated heterocycles. The zero-order chi connectivity index (χ0) is 13.2. The van der Waals surface area contributed by atoms with Crippen LogP contribution in [0.4, 0.5) is 5.69 Å². The number of anilines is 1. The van der Waals surface area contributed by atoms with E-state index in [1.165, 1.54) is 24.9 Å². The van der Waals surface area contributed by atoms with Crippen molar-refractivity contribution in [1.29, 1.82) is 0 Å². The fourth-order valence-corrected chi connectivity index (χ4v) is 2.81. The maximum atomic E-state index is 5.78. The van der Waals surface area contributed by atoms with E-state index in [0.29, 0.717) is 12.1 Å². The average molecular weight is 248 g/mol. The largest absolute Gasteiger partial charge is 0.372 e. The summed E-state index contributed by atoms with van der Waals surface area (Å²) in [5, 5.41) is 0. The summed E-state index contributed by atoms with van der Waals surface area (Å²) >= 11 is 0. The summed E-state index contributed by atoms with van der Waals surface area (Å²) in [6.07, 6.45) is 7.62. The van der Waals surface area contributed by atoms with Gasteiger partial charge in [-0.25, -0.2) is 0 Å². The van der Waals surface area contributed by atoms with Crippen LogP contribution in [-0.2, 0) is 6.54 Å². The highest BCUT2D eigenvalue weighted by Gasteiger charge is 2.40. The number of nitrogens with two attached hydrogens (primary N) is 1. The molecule has 1 fully saturated rings. The zero-order valence-electron chi connectivity index (χ0n) is 11.7. The Labute approximate surface area is 110 Å². The first-order valence-corrected chi connectivity index (χ1v) is 6.60. The third-order valence-electron chi connectivity index (χ3n) is 4.27. The van der Waals surface area contributed by atoms with E-state index in [4.69, 9.17) is 5.73 Å². The number of aromatic nitrogens is 1. The fraction of sp³-hybridized carbons (Fsp3) is 0.643. The Morgan fingerprint density at radius 2 is 2.06 bits per heavy atom. The van der Waals surface area contributed by atoms with Crippen molar-refractivity contribution < 1.29 is 0 Å². The van der Waals surface area contributed by atoms with E-state index in [2.05, 4.69) is 42.0 Å². The van der Waals surface area contributed by atoms with Gasteiger partial charge in [0, 0.05) is 49.3 Å². The van der Waals surface area contributed by atoms with Crippen molar-refractivity contribution in [3.05, 3.63) is 24.0 Å². The maximum absolute atomic E-state index is 5.78. The van der Waals surface area contributed by atoms with Gasteiger partial charge in [-0.15, -0.1) is 0 Å². The van der Waals surface area contributed by atoms with E-state index in [9.17, 15) is 0 Å². The fourth-order valence-electron chi connectivity index (χ4n) is 2.81. The van der Waals surface area contributed by atoms with Gasteiger partial charge in [-0.2, -0.15) is 0 Å². The maximum Gasteiger partial charge on any atom is 0.0440 e. The zero-order valence-corrected chi connectivity index (χ0v) is 11.7. The van der Waals surface area contributed by atoms with Crippen LogP contribution in [0.1, 0.15) is 24.8 Å². The summed E-state index contributed by atoms with van der Waals surface area (Å²) in [6.45, 7) is 1.60. The molecule has 100 valence electrons. The molecule has 2 rings (SSSR count). The molecule has 1 heterocycles. The van der Waals surface area contributed by atoms with Gasteiger partial charge >= 0.3 is 0 Å². The molecule has 2 N–H and O–H groups in total. The minimum Gasteiger partial charge on any atom is -0.372 e. The number of rotatable bonds is 5. The van der Waals surface area contributed by atoms with Gasteiger partial charge in [0.1, 0.15) is 0 Å². The summed E-state index contributed by atoms with van der Waals surface area (Å²) < 4.78 is 0. The summed E-state index contributed by atoms with van der Waals surface area (Å²) in [5.74, 6) is 0. The van der Waals surface area contributed by atoms with Gasteiger partial charge in [0.25, 0.3) is 0 Å². The van der Waals surface area contributed by atoms with Crippen LogP contribution in [0.15, 0.2) is 18.5 Å². The first-order valence-electron chi connectivity index (χ1n) is 6.60. The van der Waals surface area contributed by atoms with E-state index in [-0.39, 0.29) is 0 Å². The Kier molecular flexibility index (Phi) is 3.88. The topological polar surface area (TPSA) is 45.4 Å². The second-order valence-electron chi connectivity index (χ2n) is 5.54. The van der Waals surface area contributed by atoms with Gasteiger partial charge < -0.3 is 15.5 Å². The molecule has 1 aliphatic rings. The highest BCUT2D eigenvalue weighted by molar-refractivity contribution is 5.52. The lowest BCUT2D eigenvalue weighted by atomic mass is 9.75. The molecule has 1 aliphatic carbocycles. The molecule has 0 bridgehead atoms. The lowest BCUT2D eigenvalue weighted by Crippen LogP contribution is -2.56. The molecule has 1 aromatic rings. The Morgan fingerprint density at radius 1 is 1.33 bits per heavy atom. The Balaban J connectivity index is 2.14. The molecule has 4 heteroatoms. The van der Waals surface area contributed by atoms with Crippen LogP contribution in [0.5, 0.6) is 0 Å². The smallest absolute Gasteiger partial charge is 0.0440 e. The molecule has 0 atom stereocenters. The normalized spacial score (nSPS) is 17.6. The Morgan fingerprint density at radius 3 is 2.56 bits per heavy atom. The number of nitrogens with zero attached hydrogens (tertiary/aromatic N) is 3. The van der Waals surface area contributed by atoms with Crippen LogP contribution in [0, 0.1) is 0 Å². The molecule has 4 nitrogen and oxygen atoms in total. The third kappa shape index (κ3) is 2.35. The highest BCUT2D eigenvalue weighted by Crippen LogP contribution is 2.37. The minimum atomic E-state index is 0.337. The van der Waals surface area contributed by atoms with Crippen molar-refractivity contribution in [2.75, 3.05) is 32.6 Å². The summed E-state index contributed by atoms with van der Waals surface area (Å²) in [5.41, 5.74) is 8.45. The average Bonchev–Trinajstić information content (AvgIpc) is 2.33. The molecular formula is C14H24N4. The molecular weight excluding hydrogens is 224 g/mol. The number of likely N-dealkylation sites (N-methyl/N-ethyl adjacent to an activating group) is 2. The van der Waals surface area contributed by atoms with Crippen molar-refractivity contribution in [2.45, 2.75) is 31.3 Å². The molecule has 0 spiro atoms. The van der Waals surface area contributed by atoms with Crippen LogP contribution in [-0.4, -0.2) is 43.1 Å². The van der Waals surface area contributed by atoms with Crippen LogP contribution < -0.4 is 10.6 Å². The number of pyridine rings is 1. The monoisotopic (exact) mass is 248 g/mol. The Hall–Kier alpha value is -1.13. The van der Waals surface area contributed by atoms with Gasteiger partial charge in [-0.05, 0) is 39.4 Å². The van der Waals surface area contributed by atoms with Crippen molar-refractivity contribution in [2.24, 2.45) is 5.73 Å². The lowest BCUT2D eigenvalue weighted by Gasteiger charge is -2.49. The number of hydrogen-bond donors (Lipinski definition) is 1. The van der Waals surface area contributed by atoms with Crippen molar-refractivity contribution in [3.8, 4) is 0 Å². The first kappa shape index (κ1) is 13.3. The first-order chi connectivity index (χ1) is 8.59. The molecule has 0 aliphatic heterocycles. The van der Waals surface area contributed by atoms with Crippen LogP contribution in [0.2, 0.25) is 0 Å². The lowest BCUT2D eigenvalue weighted by molar-refractivity contribution is 0.0683. The predicted molar refractivity (Wildman–Crippen MR) is 75.7 cm³/mol.